The molecule has 0 radical (unpaired) electrons. The molecule has 0 aliphatic heterocycles. The number of ether oxygens (including phenoxy) is 1. The van der Waals surface area contributed by atoms with Crippen molar-refractivity contribution in [3.63, 3.8) is 0 Å². The van der Waals surface area contributed by atoms with E-state index in [1.165, 1.54) is 32.1 Å². The Morgan fingerprint density at radius 2 is 2.12 bits per heavy atom. The molecule has 0 spiro atoms. The first-order valence-electron chi connectivity index (χ1n) is 6.61. The highest BCUT2D eigenvalue weighted by molar-refractivity contribution is 5.69. The molecule has 3 nitrogen and oxygen atoms in total. The van der Waals surface area contributed by atoms with Crippen molar-refractivity contribution >= 4 is 5.97 Å². The van der Waals surface area contributed by atoms with Crippen LogP contribution in [-0.2, 0) is 9.53 Å². The molecule has 1 rings (SSSR count). The number of hydrogen-bond donors (Lipinski definition) is 1. The van der Waals surface area contributed by atoms with Gasteiger partial charge in [0.1, 0.15) is 0 Å². The minimum Gasteiger partial charge on any atom is -0.466 e. The van der Waals surface area contributed by atoms with Crippen LogP contribution in [0.25, 0.3) is 0 Å². The molecule has 0 bridgehead atoms. The summed E-state index contributed by atoms with van der Waals surface area (Å²) in [5.41, 5.74) is 0. The molecule has 0 amide bonds. The Labute approximate surface area is 98.9 Å². The summed E-state index contributed by atoms with van der Waals surface area (Å²) in [7, 11) is 0. The highest BCUT2D eigenvalue weighted by Crippen LogP contribution is 2.22. The molecule has 0 aromatic rings. The molecule has 94 valence electrons. The fraction of sp³-hybridized carbons (Fsp3) is 0.923. The third kappa shape index (κ3) is 5.50. The summed E-state index contributed by atoms with van der Waals surface area (Å²) in [5, 5.41) is 3.47. The van der Waals surface area contributed by atoms with Crippen LogP contribution in [0.3, 0.4) is 0 Å². The van der Waals surface area contributed by atoms with Crippen LogP contribution in [0.5, 0.6) is 0 Å². The van der Waals surface area contributed by atoms with Gasteiger partial charge in [-0.15, -0.1) is 0 Å². The summed E-state index contributed by atoms with van der Waals surface area (Å²) in [5.74, 6) is 0.786. The maximum atomic E-state index is 11.1. The van der Waals surface area contributed by atoms with Gasteiger partial charge in [0.15, 0.2) is 0 Å². The lowest BCUT2D eigenvalue weighted by Gasteiger charge is -2.15. The Bertz CT molecular complexity index is 206. The predicted molar refractivity (Wildman–Crippen MR) is 65.3 cm³/mol. The van der Waals surface area contributed by atoms with Crippen molar-refractivity contribution < 1.29 is 9.53 Å². The van der Waals surface area contributed by atoms with Crippen molar-refractivity contribution in [2.45, 2.75) is 58.4 Å². The van der Waals surface area contributed by atoms with Gasteiger partial charge in [0, 0.05) is 12.6 Å². The number of hydrogen-bond acceptors (Lipinski definition) is 3. The largest absolute Gasteiger partial charge is 0.466 e. The topological polar surface area (TPSA) is 38.3 Å². The smallest absolute Gasteiger partial charge is 0.307 e. The molecule has 0 saturated heterocycles. The summed E-state index contributed by atoms with van der Waals surface area (Å²) < 4.78 is 4.89. The Morgan fingerprint density at radius 1 is 1.31 bits per heavy atom. The number of carbonyl (C=O) groups excluding carboxylic acids is 1. The number of carbonyl (C=O) groups is 1. The minimum atomic E-state index is -0.0861. The molecule has 1 aliphatic rings. The third-order valence-electron chi connectivity index (χ3n) is 3.32. The summed E-state index contributed by atoms with van der Waals surface area (Å²) in [6.07, 6.45) is 7.00. The SMILES string of the molecule is CCOC(=O)CCNC1CCCC(C)CC1. The van der Waals surface area contributed by atoms with Crippen LogP contribution in [-0.4, -0.2) is 25.2 Å². The van der Waals surface area contributed by atoms with E-state index in [2.05, 4.69) is 12.2 Å². The van der Waals surface area contributed by atoms with Gasteiger partial charge < -0.3 is 10.1 Å². The molecule has 16 heavy (non-hydrogen) atoms. The zero-order chi connectivity index (χ0) is 11.8. The van der Waals surface area contributed by atoms with Crippen molar-refractivity contribution in [2.75, 3.05) is 13.2 Å². The quantitative estimate of drug-likeness (QED) is 0.579. The fourth-order valence-corrected chi connectivity index (χ4v) is 2.30. The van der Waals surface area contributed by atoms with Gasteiger partial charge in [-0.05, 0) is 32.1 Å². The van der Waals surface area contributed by atoms with Crippen LogP contribution in [0, 0.1) is 5.92 Å². The van der Waals surface area contributed by atoms with Gasteiger partial charge in [-0.1, -0.05) is 19.8 Å². The summed E-state index contributed by atoms with van der Waals surface area (Å²) in [6, 6.07) is 0.611. The molecule has 1 fully saturated rings. The fourth-order valence-electron chi connectivity index (χ4n) is 2.30. The van der Waals surface area contributed by atoms with Crippen molar-refractivity contribution in [1.82, 2.24) is 5.32 Å². The lowest BCUT2D eigenvalue weighted by molar-refractivity contribution is -0.143. The molecule has 1 N–H and O–H groups in total. The first-order chi connectivity index (χ1) is 7.72. The molecule has 0 heterocycles. The molecule has 0 aromatic carbocycles. The minimum absolute atomic E-state index is 0.0861. The Balaban J connectivity index is 2.10. The molecule has 3 heteroatoms. The Morgan fingerprint density at radius 3 is 2.88 bits per heavy atom. The lowest BCUT2D eigenvalue weighted by Crippen LogP contribution is -2.30. The average Bonchev–Trinajstić information content (AvgIpc) is 2.44. The van der Waals surface area contributed by atoms with E-state index in [1.807, 2.05) is 6.92 Å². The monoisotopic (exact) mass is 227 g/mol. The number of nitrogens with one attached hydrogen (secondary N) is 1. The molecule has 1 saturated carbocycles. The number of rotatable bonds is 5. The lowest BCUT2D eigenvalue weighted by atomic mass is 10.0. The van der Waals surface area contributed by atoms with Crippen LogP contribution in [0.1, 0.15) is 52.4 Å². The maximum absolute atomic E-state index is 11.1. The summed E-state index contributed by atoms with van der Waals surface area (Å²) in [6.45, 7) is 5.43. The van der Waals surface area contributed by atoms with E-state index in [0.29, 0.717) is 19.1 Å². The van der Waals surface area contributed by atoms with E-state index < -0.39 is 0 Å². The zero-order valence-electron chi connectivity index (χ0n) is 10.6. The standard InChI is InChI=1S/C13H25NO2/c1-3-16-13(15)9-10-14-12-6-4-5-11(2)7-8-12/h11-12,14H,3-10H2,1-2H3. The van der Waals surface area contributed by atoms with E-state index in [1.54, 1.807) is 0 Å². The van der Waals surface area contributed by atoms with Crippen LogP contribution >= 0.6 is 0 Å². The summed E-state index contributed by atoms with van der Waals surface area (Å²) >= 11 is 0. The number of esters is 1. The van der Waals surface area contributed by atoms with Crippen LogP contribution in [0.2, 0.25) is 0 Å². The van der Waals surface area contributed by atoms with Gasteiger partial charge in [-0.3, -0.25) is 4.79 Å². The third-order valence-corrected chi connectivity index (χ3v) is 3.32. The second kappa shape index (κ2) is 7.66. The molecular formula is C13H25NO2. The molecular weight excluding hydrogens is 202 g/mol. The molecule has 1 aliphatic carbocycles. The van der Waals surface area contributed by atoms with Crippen molar-refractivity contribution in [1.29, 1.82) is 0 Å². The predicted octanol–water partition coefficient (Wildman–Crippen LogP) is 2.50. The van der Waals surface area contributed by atoms with Gasteiger partial charge in [-0.2, -0.15) is 0 Å². The first-order valence-corrected chi connectivity index (χ1v) is 6.61. The second-order valence-corrected chi connectivity index (χ2v) is 4.82. The average molecular weight is 227 g/mol. The first kappa shape index (κ1) is 13.5. The highest BCUT2D eigenvalue weighted by Gasteiger charge is 2.15. The van der Waals surface area contributed by atoms with Gasteiger partial charge in [0.2, 0.25) is 0 Å². The van der Waals surface area contributed by atoms with Crippen LogP contribution in [0.4, 0.5) is 0 Å². The second-order valence-electron chi connectivity index (χ2n) is 4.82. The van der Waals surface area contributed by atoms with Crippen molar-refractivity contribution in [3.8, 4) is 0 Å². The Kier molecular flexibility index (Phi) is 6.46. The van der Waals surface area contributed by atoms with E-state index in [9.17, 15) is 4.79 Å². The maximum Gasteiger partial charge on any atom is 0.307 e. The van der Waals surface area contributed by atoms with Gasteiger partial charge in [-0.25, -0.2) is 0 Å². The van der Waals surface area contributed by atoms with Gasteiger partial charge in [0.05, 0.1) is 13.0 Å². The summed E-state index contributed by atoms with van der Waals surface area (Å²) in [4.78, 5) is 11.1. The van der Waals surface area contributed by atoms with Crippen LogP contribution in [0.15, 0.2) is 0 Å². The molecule has 0 aromatic heterocycles. The van der Waals surface area contributed by atoms with E-state index >= 15 is 0 Å². The van der Waals surface area contributed by atoms with Crippen molar-refractivity contribution in [3.05, 3.63) is 0 Å². The van der Waals surface area contributed by atoms with Crippen LogP contribution < -0.4 is 5.32 Å². The molecule has 2 atom stereocenters. The van der Waals surface area contributed by atoms with Gasteiger partial charge in [0.25, 0.3) is 0 Å². The van der Waals surface area contributed by atoms with E-state index in [0.717, 1.165) is 12.5 Å². The van der Waals surface area contributed by atoms with Gasteiger partial charge >= 0.3 is 5.97 Å². The zero-order valence-corrected chi connectivity index (χ0v) is 10.6. The van der Waals surface area contributed by atoms with E-state index in [-0.39, 0.29) is 5.97 Å². The Hall–Kier alpha value is -0.570. The molecule has 2 unspecified atom stereocenters. The highest BCUT2D eigenvalue weighted by atomic mass is 16.5. The van der Waals surface area contributed by atoms with Crippen molar-refractivity contribution in [2.24, 2.45) is 5.92 Å². The van der Waals surface area contributed by atoms with E-state index in [4.69, 9.17) is 4.74 Å². The normalized spacial score (nSPS) is 26.1.